The normalized spacial score (nSPS) is 35.6. The predicted molar refractivity (Wildman–Crippen MR) is 65.4 cm³/mol. The van der Waals surface area contributed by atoms with Crippen LogP contribution >= 0.6 is 0 Å². The predicted octanol–water partition coefficient (Wildman–Crippen LogP) is 2.30. The molecule has 84 valence electrons. The minimum Gasteiger partial charge on any atom is -0.359 e. The number of allylic oxidation sites excluding steroid dienone is 1. The number of rotatable bonds is 0. The zero-order valence-corrected chi connectivity index (χ0v) is 9.50. The van der Waals surface area contributed by atoms with Gasteiger partial charge in [0.15, 0.2) is 0 Å². The van der Waals surface area contributed by atoms with E-state index < -0.39 is 0 Å². The lowest BCUT2D eigenvalue weighted by atomic mass is 9.72. The first kappa shape index (κ1) is 9.06. The topological polar surface area (TPSA) is 27.8 Å². The third-order valence-corrected chi connectivity index (χ3v) is 4.59. The van der Waals surface area contributed by atoms with E-state index in [0.29, 0.717) is 0 Å². The average molecular weight is 214 g/mol. The maximum atomic E-state index is 3.61. The molecule has 2 heterocycles. The van der Waals surface area contributed by atoms with E-state index in [2.05, 4.69) is 28.5 Å². The van der Waals surface area contributed by atoms with E-state index in [1.807, 2.05) is 0 Å². The van der Waals surface area contributed by atoms with Crippen molar-refractivity contribution in [3.8, 4) is 0 Å². The number of hydrogen-bond donors (Lipinski definition) is 2. The Bertz CT molecular complexity index is 444. The summed E-state index contributed by atoms with van der Waals surface area (Å²) in [4.78, 5) is 3.58. The third kappa shape index (κ3) is 1.17. The molecule has 0 saturated carbocycles. The van der Waals surface area contributed by atoms with Gasteiger partial charge < -0.3 is 10.3 Å². The Kier molecular flexibility index (Phi) is 1.83. The fourth-order valence-electron chi connectivity index (χ4n) is 3.84. The standard InChI is InChI=1S/C14H18N2/c1-2-12-11-3-4-14-13(12)7-10(16-14)6-9(11)8-15-5-1/h3-4,7,9,11-12,15-16H,1-2,5-6,8H2. The van der Waals surface area contributed by atoms with E-state index in [-0.39, 0.29) is 0 Å². The van der Waals surface area contributed by atoms with Gasteiger partial charge in [0.25, 0.3) is 0 Å². The molecule has 2 aliphatic carbocycles. The molecular weight excluding hydrogens is 196 g/mol. The minimum atomic E-state index is 0.780. The van der Waals surface area contributed by atoms with E-state index in [9.17, 15) is 0 Å². The SMILES string of the molecule is C1=CC2C3CNCCCC2c2cc([nH]c21)C3. The summed E-state index contributed by atoms with van der Waals surface area (Å²) in [5, 5.41) is 3.61. The summed E-state index contributed by atoms with van der Waals surface area (Å²) in [5.41, 5.74) is 4.45. The maximum Gasteiger partial charge on any atom is 0.0414 e. The van der Waals surface area contributed by atoms with E-state index in [1.54, 1.807) is 5.56 Å². The fraction of sp³-hybridized carbons (Fsp3) is 0.571. The van der Waals surface area contributed by atoms with Crippen molar-refractivity contribution in [2.24, 2.45) is 11.8 Å². The van der Waals surface area contributed by atoms with Crippen molar-refractivity contribution < 1.29 is 0 Å². The molecule has 1 aromatic heterocycles. The number of fused-ring (bicyclic) bond motifs is 1. The van der Waals surface area contributed by atoms with Crippen LogP contribution in [-0.4, -0.2) is 18.1 Å². The quantitative estimate of drug-likeness (QED) is 0.681. The molecule has 4 rings (SSSR count). The summed E-state index contributed by atoms with van der Waals surface area (Å²) in [6, 6.07) is 2.43. The molecule has 0 radical (unpaired) electrons. The summed E-state index contributed by atoms with van der Waals surface area (Å²) in [7, 11) is 0. The monoisotopic (exact) mass is 214 g/mol. The minimum absolute atomic E-state index is 0.780. The molecule has 0 aromatic carbocycles. The number of aromatic nitrogens is 1. The molecule has 0 amide bonds. The van der Waals surface area contributed by atoms with Crippen LogP contribution in [0.15, 0.2) is 12.1 Å². The largest absolute Gasteiger partial charge is 0.359 e. The third-order valence-electron chi connectivity index (χ3n) is 4.59. The molecule has 2 N–H and O–H groups in total. The maximum absolute atomic E-state index is 3.61. The zero-order valence-electron chi connectivity index (χ0n) is 9.50. The van der Waals surface area contributed by atoms with Crippen molar-refractivity contribution in [3.05, 3.63) is 29.1 Å². The van der Waals surface area contributed by atoms with Gasteiger partial charge >= 0.3 is 0 Å². The van der Waals surface area contributed by atoms with E-state index in [0.717, 1.165) is 17.8 Å². The fourth-order valence-corrected chi connectivity index (χ4v) is 3.84. The van der Waals surface area contributed by atoms with Crippen LogP contribution in [0.4, 0.5) is 0 Å². The van der Waals surface area contributed by atoms with Gasteiger partial charge in [-0.05, 0) is 67.8 Å². The summed E-state index contributed by atoms with van der Waals surface area (Å²) >= 11 is 0. The Hall–Kier alpha value is -1.02. The molecule has 1 saturated heterocycles. The Labute approximate surface area is 96.1 Å². The summed E-state index contributed by atoms with van der Waals surface area (Å²) < 4.78 is 0. The van der Waals surface area contributed by atoms with Crippen LogP contribution in [-0.2, 0) is 6.42 Å². The smallest absolute Gasteiger partial charge is 0.0414 e. The molecule has 1 fully saturated rings. The molecule has 5 bridgehead atoms. The molecule has 3 atom stereocenters. The number of H-pyrrole nitrogens is 1. The first-order valence-corrected chi connectivity index (χ1v) is 6.52. The summed E-state index contributed by atoms with van der Waals surface area (Å²) in [6.07, 6.45) is 8.67. The highest BCUT2D eigenvalue weighted by Crippen LogP contribution is 2.45. The van der Waals surface area contributed by atoms with Gasteiger partial charge in [0.1, 0.15) is 0 Å². The second-order valence-corrected chi connectivity index (χ2v) is 5.52. The van der Waals surface area contributed by atoms with Crippen LogP contribution in [0.3, 0.4) is 0 Å². The van der Waals surface area contributed by atoms with Crippen LogP contribution in [0.1, 0.15) is 35.7 Å². The Morgan fingerprint density at radius 2 is 2.31 bits per heavy atom. The number of hydrogen-bond acceptors (Lipinski definition) is 1. The molecule has 16 heavy (non-hydrogen) atoms. The molecule has 3 unspecified atom stereocenters. The van der Waals surface area contributed by atoms with Crippen molar-refractivity contribution in [1.29, 1.82) is 0 Å². The van der Waals surface area contributed by atoms with Gasteiger partial charge in [-0.25, -0.2) is 0 Å². The average Bonchev–Trinajstić information content (AvgIpc) is 2.57. The Morgan fingerprint density at radius 1 is 1.31 bits per heavy atom. The van der Waals surface area contributed by atoms with Gasteiger partial charge in [-0.1, -0.05) is 6.08 Å². The zero-order chi connectivity index (χ0) is 10.5. The van der Waals surface area contributed by atoms with Crippen LogP contribution < -0.4 is 5.32 Å². The summed E-state index contributed by atoms with van der Waals surface area (Å²) in [5.74, 6) is 2.36. The number of nitrogens with one attached hydrogen (secondary N) is 2. The number of aromatic amines is 1. The first-order chi connectivity index (χ1) is 7.92. The van der Waals surface area contributed by atoms with Crippen molar-refractivity contribution in [2.75, 3.05) is 13.1 Å². The van der Waals surface area contributed by atoms with Gasteiger partial charge in [0, 0.05) is 11.4 Å². The Morgan fingerprint density at radius 3 is 3.31 bits per heavy atom. The lowest BCUT2D eigenvalue weighted by molar-refractivity contribution is 0.285. The van der Waals surface area contributed by atoms with Gasteiger partial charge in [-0.15, -0.1) is 0 Å². The molecule has 1 aromatic rings. The molecule has 2 nitrogen and oxygen atoms in total. The van der Waals surface area contributed by atoms with E-state index in [1.165, 1.54) is 43.7 Å². The first-order valence-electron chi connectivity index (χ1n) is 6.52. The highest BCUT2D eigenvalue weighted by molar-refractivity contribution is 5.57. The lowest BCUT2D eigenvalue weighted by Gasteiger charge is -2.36. The highest BCUT2D eigenvalue weighted by atomic mass is 14.9. The van der Waals surface area contributed by atoms with Crippen molar-refractivity contribution >= 4 is 6.08 Å². The van der Waals surface area contributed by atoms with Crippen molar-refractivity contribution in [1.82, 2.24) is 10.3 Å². The van der Waals surface area contributed by atoms with Crippen LogP contribution in [0, 0.1) is 11.8 Å². The van der Waals surface area contributed by atoms with Gasteiger partial charge in [0.05, 0.1) is 0 Å². The molecule has 0 spiro atoms. The Balaban J connectivity index is 1.87. The summed E-state index contributed by atoms with van der Waals surface area (Å²) in [6.45, 7) is 2.39. The second-order valence-electron chi connectivity index (χ2n) is 5.52. The van der Waals surface area contributed by atoms with Crippen LogP contribution in [0.5, 0.6) is 0 Å². The highest BCUT2D eigenvalue weighted by Gasteiger charge is 2.36. The van der Waals surface area contributed by atoms with Gasteiger partial charge in [-0.3, -0.25) is 0 Å². The molecule has 3 aliphatic rings. The lowest BCUT2D eigenvalue weighted by Crippen LogP contribution is -2.36. The van der Waals surface area contributed by atoms with Crippen molar-refractivity contribution in [2.45, 2.75) is 25.2 Å². The van der Waals surface area contributed by atoms with Gasteiger partial charge in [-0.2, -0.15) is 0 Å². The second kappa shape index (κ2) is 3.24. The van der Waals surface area contributed by atoms with Gasteiger partial charge in [0.2, 0.25) is 0 Å². The van der Waals surface area contributed by atoms with Crippen LogP contribution in [0.25, 0.3) is 6.08 Å². The molecular formula is C14H18N2. The van der Waals surface area contributed by atoms with Crippen LogP contribution in [0.2, 0.25) is 0 Å². The van der Waals surface area contributed by atoms with Crippen molar-refractivity contribution in [3.63, 3.8) is 0 Å². The van der Waals surface area contributed by atoms with E-state index in [4.69, 9.17) is 0 Å². The van der Waals surface area contributed by atoms with E-state index >= 15 is 0 Å². The molecule has 2 heteroatoms. The molecule has 1 aliphatic heterocycles.